The van der Waals surface area contributed by atoms with Gasteiger partial charge in [-0.3, -0.25) is 14.7 Å². The Morgan fingerprint density at radius 3 is 2.60 bits per heavy atom. The fourth-order valence-electron chi connectivity index (χ4n) is 5.40. The number of carbonyl (C=O) groups is 1. The highest BCUT2D eigenvalue weighted by molar-refractivity contribution is 6.17. The van der Waals surface area contributed by atoms with E-state index in [1.54, 1.807) is 11.1 Å². The lowest BCUT2D eigenvalue weighted by atomic mass is 9.98. The highest BCUT2D eigenvalue weighted by Gasteiger charge is 2.28. The van der Waals surface area contributed by atoms with Gasteiger partial charge in [0.15, 0.2) is 0 Å². The lowest BCUT2D eigenvalue weighted by Gasteiger charge is -2.29. The van der Waals surface area contributed by atoms with Gasteiger partial charge in [-0.2, -0.15) is 0 Å². The zero-order valence-corrected chi connectivity index (χ0v) is 26.7. The molecule has 1 fully saturated rings. The van der Waals surface area contributed by atoms with Crippen LogP contribution in [0.3, 0.4) is 0 Å². The van der Waals surface area contributed by atoms with E-state index in [1.807, 2.05) is 25.1 Å². The van der Waals surface area contributed by atoms with Crippen molar-refractivity contribution in [1.82, 2.24) is 19.8 Å². The molecule has 0 saturated carbocycles. The number of nitrogens with one attached hydrogen (secondary N) is 2. The van der Waals surface area contributed by atoms with Crippen LogP contribution in [-0.2, 0) is 11.3 Å². The standard InChI is InChI=1S/C29H37N7O.C6H12/c1-3-35-17-10-23-21-24(8-9-26(23)35)33-28(32-13-6-16-34-19-14-30-15-20-34)25-11-18-36(29(37)22(25)2)27-7-4-5-12-31-27;1-4-6(3)5-2/h4-5,7-10,12,17,21,30H,3,6,11,13-16,18-20H2,1-2H3,(H,32,33);4H,5H2,1-3H3/b;6-4+. The molecule has 2 aromatic heterocycles. The molecule has 2 aliphatic heterocycles. The van der Waals surface area contributed by atoms with Gasteiger partial charge >= 0.3 is 0 Å². The molecule has 8 nitrogen and oxygen atoms in total. The van der Waals surface area contributed by atoms with E-state index < -0.39 is 0 Å². The van der Waals surface area contributed by atoms with E-state index in [0.717, 1.165) is 81.3 Å². The van der Waals surface area contributed by atoms with Gasteiger partial charge in [-0.25, -0.2) is 4.98 Å². The van der Waals surface area contributed by atoms with E-state index in [2.05, 4.69) is 89.3 Å². The van der Waals surface area contributed by atoms with Crippen LogP contribution in [0.25, 0.3) is 10.9 Å². The number of anilines is 2. The number of fused-ring (bicyclic) bond motifs is 1. The van der Waals surface area contributed by atoms with Crippen molar-refractivity contribution in [3.8, 4) is 0 Å². The normalized spacial score (nSPS) is 16.9. The van der Waals surface area contributed by atoms with Gasteiger partial charge in [-0.1, -0.05) is 24.6 Å². The highest BCUT2D eigenvalue weighted by atomic mass is 16.2. The van der Waals surface area contributed by atoms with Crippen LogP contribution in [0.4, 0.5) is 11.5 Å². The monoisotopic (exact) mass is 583 g/mol. The van der Waals surface area contributed by atoms with Gasteiger partial charge in [-0.05, 0) is 89.9 Å². The number of rotatable bonds is 9. The Hall–Kier alpha value is -3.75. The average Bonchev–Trinajstić information content (AvgIpc) is 3.47. The summed E-state index contributed by atoms with van der Waals surface area (Å²) in [6.07, 6.45) is 8.90. The lowest BCUT2D eigenvalue weighted by molar-refractivity contribution is -0.115. The predicted molar refractivity (Wildman–Crippen MR) is 181 cm³/mol. The van der Waals surface area contributed by atoms with E-state index >= 15 is 0 Å². The third-order valence-corrected chi connectivity index (χ3v) is 8.35. The van der Waals surface area contributed by atoms with Crippen molar-refractivity contribution in [3.05, 3.63) is 77.7 Å². The largest absolute Gasteiger partial charge is 0.348 e. The van der Waals surface area contributed by atoms with Crippen molar-refractivity contribution in [2.24, 2.45) is 4.99 Å². The lowest BCUT2D eigenvalue weighted by Crippen LogP contribution is -2.43. The summed E-state index contributed by atoms with van der Waals surface area (Å²) in [6, 6.07) is 14.2. The van der Waals surface area contributed by atoms with Crippen molar-refractivity contribution in [2.45, 2.75) is 60.4 Å². The molecule has 0 bridgehead atoms. The molecule has 1 amide bonds. The minimum absolute atomic E-state index is 0.00857. The first-order chi connectivity index (χ1) is 20.9. The van der Waals surface area contributed by atoms with Crippen LogP contribution in [0.2, 0.25) is 0 Å². The average molecular weight is 584 g/mol. The third-order valence-electron chi connectivity index (χ3n) is 8.35. The number of hydrogen-bond acceptors (Lipinski definition) is 5. The minimum atomic E-state index is -0.00857. The second-order valence-electron chi connectivity index (χ2n) is 11.2. The molecule has 1 aromatic carbocycles. The molecule has 2 N–H and O–H groups in total. The van der Waals surface area contributed by atoms with E-state index in [9.17, 15) is 4.79 Å². The number of aromatic nitrogens is 2. The molecule has 0 aliphatic carbocycles. The van der Waals surface area contributed by atoms with Gasteiger partial charge in [0.25, 0.3) is 5.91 Å². The second kappa shape index (κ2) is 16.2. The number of amides is 1. The summed E-state index contributed by atoms with van der Waals surface area (Å²) >= 11 is 0. The highest BCUT2D eigenvalue weighted by Crippen LogP contribution is 2.26. The van der Waals surface area contributed by atoms with Gasteiger partial charge in [0.1, 0.15) is 11.7 Å². The summed E-state index contributed by atoms with van der Waals surface area (Å²) in [5.74, 6) is 1.49. The molecular weight excluding hydrogens is 534 g/mol. The first kappa shape index (κ1) is 32.2. The van der Waals surface area contributed by atoms with Crippen molar-refractivity contribution in [3.63, 3.8) is 0 Å². The Balaban J connectivity index is 0.000000641. The Morgan fingerprint density at radius 1 is 1.12 bits per heavy atom. The number of aryl methyl sites for hydroxylation is 1. The van der Waals surface area contributed by atoms with Gasteiger partial charge in [0.2, 0.25) is 0 Å². The zero-order chi connectivity index (χ0) is 30.6. The van der Waals surface area contributed by atoms with Crippen LogP contribution in [-0.4, -0.2) is 72.0 Å². The van der Waals surface area contributed by atoms with E-state index in [-0.39, 0.29) is 5.91 Å². The summed E-state index contributed by atoms with van der Waals surface area (Å²) in [7, 11) is 0. The Morgan fingerprint density at radius 2 is 1.93 bits per heavy atom. The fourth-order valence-corrected chi connectivity index (χ4v) is 5.40. The molecule has 230 valence electrons. The van der Waals surface area contributed by atoms with Crippen LogP contribution in [0.15, 0.2) is 82.6 Å². The number of nitrogens with zero attached hydrogens (tertiary/aromatic N) is 5. The van der Waals surface area contributed by atoms with E-state index in [1.165, 1.54) is 22.9 Å². The smallest absolute Gasteiger partial charge is 0.255 e. The molecule has 3 aromatic rings. The Labute approximate surface area is 257 Å². The van der Waals surface area contributed by atoms with Crippen molar-refractivity contribution in [1.29, 1.82) is 0 Å². The summed E-state index contributed by atoms with van der Waals surface area (Å²) in [5, 5.41) is 8.19. The van der Waals surface area contributed by atoms with E-state index in [4.69, 9.17) is 4.99 Å². The van der Waals surface area contributed by atoms with Gasteiger partial charge in [0.05, 0.1) is 0 Å². The molecule has 5 rings (SSSR count). The predicted octanol–water partition coefficient (Wildman–Crippen LogP) is 6.28. The van der Waals surface area contributed by atoms with Crippen LogP contribution in [0, 0.1) is 0 Å². The summed E-state index contributed by atoms with van der Waals surface area (Å²) in [5.41, 5.74) is 5.39. The molecule has 0 atom stereocenters. The number of piperazine rings is 1. The maximum atomic E-state index is 13.4. The molecule has 4 heterocycles. The van der Waals surface area contributed by atoms with Crippen LogP contribution in [0.1, 0.15) is 53.9 Å². The maximum absolute atomic E-state index is 13.4. The number of hydrogen-bond donors (Lipinski definition) is 2. The van der Waals surface area contributed by atoms with Crippen LogP contribution in [0.5, 0.6) is 0 Å². The van der Waals surface area contributed by atoms with Crippen molar-refractivity contribution in [2.75, 3.05) is 56.0 Å². The first-order valence-corrected chi connectivity index (χ1v) is 15.8. The van der Waals surface area contributed by atoms with Gasteiger partial charge in [0, 0.05) is 85.9 Å². The zero-order valence-electron chi connectivity index (χ0n) is 26.7. The topological polar surface area (TPSA) is 77.8 Å². The van der Waals surface area contributed by atoms with Crippen molar-refractivity contribution >= 4 is 34.2 Å². The van der Waals surface area contributed by atoms with E-state index in [0.29, 0.717) is 12.4 Å². The maximum Gasteiger partial charge on any atom is 0.255 e. The van der Waals surface area contributed by atoms with Crippen LogP contribution < -0.4 is 15.5 Å². The number of benzene rings is 1. The van der Waals surface area contributed by atoms with Crippen LogP contribution >= 0.6 is 0 Å². The molecule has 0 spiro atoms. The number of aliphatic imine (C=N–C) groups is 1. The number of carbonyl (C=O) groups excluding carboxylic acids is 1. The van der Waals surface area contributed by atoms with Gasteiger partial charge < -0.3 is 20.1 Å². The summed E-state index contributed by atoms with van der Waals surface area (Å²) in [4.78, 5) is 27.0. The van der Waals surface area contributed by atoms with Gasteiger partial charge in [-0.15, -0.1) is 0 Å². The molecule has 0 radical (unpaired) electrons. The molecule has 0 unspecified atom stereocenters. The fraction of sp³-hybridized carbons (Fsp3) is 0.457. The summed E-state index contributed by atoms with van der Waals surface area (Å²) in [6.45, 7) is 18.0. The molecule has 2 aliphatic rings. The molecule has 8 heteroatoms. The quantitative estimate of drug-likeness (QED) is 0.134. The number of pyridine rings is 1. The first-order valence-electron chi connectivity index (χ1n) is 15.8. The summed E-state index contributed by atoms with van der Waals surface area (Å²) < 4.78 is 2.24. The number of allylic oxidation sites excluding steroid dienone is 2. The SMILES string of the molecule is C/C=C(\C)CC.CCn1ccc2cc(NC(=NCCCN3CCNCC3)C3=C(C)C(=O)N(c4ccccn4)CC3)ccc21. The Kier molecular flexibility index (Phi) is 12.1. The molecule has 43 heavy (non-hydrogen) atoms. The minimum Gasteiger partial charge on any atom is -0.348 e. The molecular formula is C35H49N7O. The Bertz CT molecular complexity index is 1430. The van der Waals surface area contributed by atoms with Crippen molar-refractivity contribution < 1.29 is 4.79 Å². The number of amidine groups is 1. The molecule has 1 saturated heterocycles. The second-order valence-corrected chi connectivity index (χ2v) is 11.2. The third kappa shape index (κ3) is 8.65.